The number of likely N-dealkylation sites (tertiary alicyclic amines) is 1. The van der Waals surface area contributed by atoms with Crippen LogP contribution in [0.5, 0.6) is 5.75 Å². The van der Waals surface area contributed by atoms with E-state index >= 15 is 0 Å². The molecule has 9 nitrogen and oxygen atoms in total. The fourth-order valence-electron chi connectivity index (χ4n) is 5.51. The summed E-state index contributed by atoms with van der Waals surface area (Å²) in [6.45, 7) is 14.3. The average Bonchev–Trinajstić information content (AvgIpc) is 3.08. The maximum atomic E-state index is 14.3. The fourth-order valence-corrected chi connectivity index (χ4v) is 5.51. The molecule has 0 saturated carbocycles. The summed E-state index contributed by atoms with van der Waals surface area (Å²) in [5, 5.41) is 17.1. The highest BCUT2D eigenvalue weighted by molar-refractivity contribution is 6.03. The Morgan fingerprint density at radius 1 is 1.10 bits per heavy atom. The number of anilines is 2. The van der Waals surface area contributed by atoms with E-state index in [-0.39, 0.29) is 23.2 Å². The van der Waals surface area contributed by atoms with Crippen LogP contribution in [-0.4, -0.2) is 83.8 Å². The zero-order chi connectivity index (χ0) is 35.3. The van der Waals surface area contributed by atoms with Crippen molar-refractivity contribution in [3.05, 3.63) is 65.9 Å². The highest BCUT2D eigenvalue weighted by Gasteiger charge is 2.18. The van der Waals surface area contributed by atoms with Crippen molar-refractivity contribution in [1.29, 1.82) is 0 Å². The third kappa shape index (κ3) is 14.3. The number of nitrogens with zero attached hydrogens (tertiary/aromatic N) is 4. The molecule has 1 unspecified atom stereocenters. The number of phenols is 1. The summed E-state index contributed by atoms with van der Waals surface area (Å²) in [5.74, 6) is -0.239. The Labute approximate surface area is 288 Å². The number of aromatic nitrogens is 2. The molecule has 4 rings (SSSR count). The van der Waals surface area contributed by atoms with E-state index in [0.29, 0.717) is 47.0 Å². The van der Waals surface area contributed by atoms with Crippen molar-refractivity contribution < 1.29 is 19.0 Å². The number of benzene rings is 1. The summed E-state index contributed by atoms with van der Waals surface area (Å²) in [6.07, 6.45) is 19.0. The van der Waals surface area contributed by atoms with Gasteiger partial charge >= 0.3 is 0 Å². The minimum absolute atomic E-state index is 0.0932. The van der Waals surface area contributed by atoms with E-state index in [2.05, 4.69) is 44.5 Å². The molecule has 10 heteroatoms. The molecule has 1 aromatic heterocycles. The first-order chi connectivity index (χ1) is 23.2. The van der Waals surface area contributed by atoms with Crippen molar-refractivity contribution in [3.8, 4) is 5.75 Å². The highest BCUT2D eigenvalue weighted by Crippen LogP contribution is 2.31. The Morgan fingerprint density at radius 3 is 2.48 bits per heavy atom. The molecule has 2 aliphatic rings. The third-order valence-corrected chi connectivity index (χ3v) is 8.30. The van der Waals surface area contributed by atoms with Gasteiger partial charge in [-0.1, -0.05) is 45.8 Å². The van der Waals surface area contributed by atoms with Crippen molar-refractivity contribution in [1.82, 2.24) is 19.8 Å². The standard InChI is InChI=1S/C31H43FN6O2.C5H10O.C2H6/c1-6-23(7-2)26(32)15-14-22(3)35-31-25-18-28(29(39)19-27(25)33-21-34-31)36-30(40)13-11-17-38(5)24-12-9-8-10-16-37(4)20-24;1-2-4-6-5-3-1;1-2/h6,11,13-15,18-19,21,24,39H,7-10,12,16-17,20H2,1-5H3,(H,36,40)(H,33,34,35);1-5H2;1-2H3/b13-11+,22-14+,23-6-,26-15+;;. The van der Waals surface area contributed by atoms with Gasteiger partial charge < -0.3 is 25.4 Å². The predicted molar refractivity (Wildman–Crippen MR) is 198 cm³/mol. The number of carbonyl (C=O) groups excluding carboxylic acids is 1. The van der Waals surface area contributed by atoms with Gasteiger partial charge in [-0.15, -0.1) is 0 Å². The molecule has 0 radical (unpaired) electrons. The normalized spacial score (nSPS) is 18.4. The molecule has 0 spiro atoms. The number of amides is 1. The molecular formula is C38H59FN6O3. The molecule has 2 aliphatic heterocycles. The molecule has 1 amide bonds. The first-order valence-electron chi connectivity index (χ1n) is 17.6. The Bertz CT molecular complexity index is 1370. The molecule has 1 aromatic carbocycles. The van der Waals surface area contributed by atoms with Gasteiger partial charge in [-0.3, -0.25) is 9.69 Å². The first-order valence-corrected chi connectivity index (χ1v) is 17.6. The molecule has 3 heterocycles. The smallest absolute Gasteiger partial charge is 0.248 e. The van der Waals surface area contributed by atoms with Gasteiger partial charge in [0.25, 0.3) is 0 Å². The number of hydrogen-bond donors (Lipinski definition) is 3. The summed E-state index contributed by atoms with van der Waals surface area (Å²) in [7, 11) is 4.26. The van der Waals surface area contributed by atoms with Gasteiger partial charge in [-0.2, -0.15) is 0 Å². The van der Waals surface area contributed by atoms with Gasteiger partial charge in [-0.25, -0.2) is 14.4 Å². The van der Waals surface area contributed by atoms with Crippen LogP contribution in [0.15, 0.2) is 65.9 Å². The Morgan fingerprint density at radius 2 is 1.83 bits per heavy atom. The molecule has 266 valence electrons. The van der Waals surface area contributed by atoms with Crippen LogP contribution in [0.4, 0.5) is 15.9 Å². The highest BCUT2D eigenvalue weighted by atomic mass is 19.1. The van der Waals surface area contributed by atoms with E-state index in [4.69, 9.17) is 4.74 Å². The average molecular weight is 667 g/mol. The number of fused-ring (bicyclic) bond motifs is 1. The molecule has 1 atom stereocenters. The van der Waals surface area contributed by atoms with E-state index < -0.39 is 0 Å². The molecule has 0 aliphatic carbocycles. The monoisotopic (exact) mass is 666 g/mol. The third-order valence-electron chi connectivity index (χ3n) is 8.30. The Hall–Kier alpha value is -3.60. The number of likely N-dealkylation sites (N-methyl/N-ethyl adjacent to an activating group) is 2. The number of nitrogens with one attached hydrogen (secondary N) is 2. The molecule has 2 aromatic rings. The minimum atomic E-state index is -0.336. The van der Waals surface area contributed by atoms with Gasteiger partial charge in [0.15, 0.2) is 0 Å². The number of phenolic OH excluding ortho intramolecular Hbond substituents is 1. The van der Waals surface area contributed by atoms with Gasteiger partial charge in [0.05, 0.1) is 11.2 Å². The van der Waals surface area contributed by atoms with Crippen molar-refractivity contribution in [2.24, 2.45) is 0 Å². The van der Waals surface area contributed by atoms with Gasteiger partial charge in [-0.05, 0) is 96.8 Å². The number of carbonyl (C=O) groups is 1. The number of aromatic hydroxyl groups is 1. The zero-order valence-corrected chi connectivity index (χ0v) is 30.3. The lowest BCUT2D eigenvalue weighted by Gasteiger charge is -2.33. The maximum Gasteiger partial charge on any atom is 0.248 e. The van der Waals surface area contributed by atoms with Gasteiger partial charge in [0.1, 0.15) is 23.7 Å². The molecule has 3 N–H and O–H groups in total. The van der Waals surface area contributed by atoms with Gasteiger partial charge in [0, 0.05) is 55.6 Å². The summed E-state index contributed by atoms with van der Waals surface area (Å²) >= 11 is 0. The van der Waals surface area contributed by atoms with Crippen LogP contribution in [0.1, 0.15) is 86.0 Å². The largest absolute Gasteiger partial charge is 0.506 e. The summed E-state index contributed by atoms with van der Waals surface area (Å²) in [5.41, 5.74) is 2.07. The number of halogens is 1. The van der Waals surface area contributed by atoms with Crippen LogP contribution >= 0.6 is 0 Å². The molecule has 48 heavy (non-hydrogen) atoms. The van der Waals surface area contributed by atoms with Crippen LogP contribution in [-0.2, 0) is 9.53 Å². The predicted octanol–water partition coefficient (Wildman–Crippen LogP) is 8.37. The van der Waals surface area contributed by atoms with Crippen molar-refractivity contribution in [2.45, 2.75) is 92.0 Å². The number of ether oxygens (including phenoxy) is 1. The van der Waals surface area contributed by atoms with Crippen molar-refractivity contribution >= 4 is 28.3 Å². The number of allylic oxidation sites excluding steroid dienone is 6. The number of hydrogen-bond acceptors (Lipinski definition) is 8. The van der Waals surface area contributed by atoms with Crippen LogP contribution in [0.2, 0.25) is 0 Å². The van der Waals surface area contributed by atoms with E-state index in [0.717, 1.165) is 32.7 Å². The van der Waals surface area contributed by atoms with Crippen LogP contribution in [0.25, 0.3) is 10.9 Å². The van der Waals surface area contributed by atoms with Crippen LogP contribution in [0.3, 0.4) is 0 Å². The minimum Gasteiger partial charge on any atom is -0.506 e. The summed E-state index contributed by atoms with van der Waals surface area (Å²) < 4.78 is 19.4. The topological polar surface area (TPSA) is 103 Å². The lowest BCUT2D eigenvalue weighted by Crippen LogP contribution is -2.42. The lowest BCUT2D eigenvalue weighted by molar-refractivity contribution is -0.111. The molecule has 2 fully saturated rings. The second kappa shape index (κ2) is 22.9. The SMILES string of the molecule is C1CCOCC1.CC.C\C=C(CC)/C(F)=C\C=C(/C)Nc1ncnc2cc(O)c(NC(=O)/C=C/CN(C)C3CCCCCN(C)C3)cc12. The van der Waals surface area contributed by atoms with Gasteiger partial charge in [0.2, 0.25) is 5.91 Å². The lowest BCUT2D eigenvalue weighted by atomic mass is 10.0. The fraction of sp³-hybridized carbons (Fsp3) is 0.553. The molecule has 2 saturated heterocycles. The maximum absolute atomic E-state index is 14.3. The molecule has 0 bridgehead atoms. The van der Waals surface area contributed by atoms with Crippen LogP contribution < -0.4 is 10.6 Å². The second-order valence-electron chi connectivity index (χ2n) is 12.0. The number of rotatable bonds is 10. The van der Waals surface area contributed by atoms with Crippen molar-refractivity contribution in [3.63, 3.8) is 0 Å². The van der Waals surface area contributed by atoms with Crippen LogP contribution in [0, 0.1) is 0 Å². The Kier molecular flexibility index (Phi) is 19.3. The Balaban J connectivity index is 0.000000884. The first kappa shape index (κ1) is 40.6. The summed E-state index contributed by atoms with van der Waals surface area (Å²) in [6, 6.07) is 3.57. The molecular weight excluding hydrogens is 607 g/mol. The zero-order valence-electron chi connectivity index (χ0n) is 30.3. The second-order valence-corrected chi connectivity index (χ2v) is 12.0. The van der Waals surface area contributed by atoms with E-state index in [9.17, 15) is 14.3 Å². The van der Waals surface area contributed by atoms with E-state index in [1.807, 2.05) is 33.8 Å². The quantitative estimate of drug-likeness (QED) is 0.132. The van der Waals surface area contributed by atoms with E-state index in [1.54, 1.807) is 25.1 Å². The van der Waals surface area contributed by atoms with E-state index in [1.165, 1.54) is 63.1 Å². The van der Waals surface area contributed by atoms with Crippen molar-refractivity contribution in [2.75, 3.05) is 57.6 Å². The summed E-state index contributed by atoms with van der Waals surface area (Å²) in [4.78, 5) is 25.9.